The standard InChI is InChI=1S/C96H140N2O12/c1-9-13-17-21-25-29-33-37-41-45-61-103-89-65-81(66-90(71-89)104-62-46-42-38-34-30-26-22-18-14-10-2)75-107-93(99)73-95(101)109-77-85-69-84(56-50-80-53-59-88(60-54-80)98(7)8)86(70-83(85)55-49-79-51-57-87(58-52-79)97(5)6)78-110-96(102)74-94(100)108-76-82-67-91(105-63-47-43-39-35-31-27-23-19-15-11-3)72-92(68-82)106-64-48-44-40-36-32-28-24-20-16-12-4/h51-54,57-60,65-72H,9-48,61-64,73-78H2,1-8H3. The summed E-state index contributed by atoms with van der Waals surface area (Å²) in [6.45, 7) is 10.5. The number of ether oxygens (including phenoxy) is 8. The van der Waals surface area contributed by atoms with Gasteiger partial charge in [-0.25, -0.2) is 0 Å². The number of benzene rings is 5. The quantitative estimate of drug-likeness (QED) is 0.0119. The second-order valence-corrected chi connectivity index (χ2v) is 30.3. The van der Waals surface area contributed by atoms with Gasteiger partial charge in [0.05, 0.1) is 26.4 Å². The van der Waals surface area contributed by atoms with Gasteiger partial charge in [0, 0.05) is 85.1 Å². The molecule has 0 aliphatic rings. The van der Waals surface area contributed by atoms with Crippen LogP contribution in [-0.2, 0) is 64.6 Å². The molecule has 0 atom stereocenters. The molecule has 14 nitrogen and oxygen atoms in total. The van der Waals surface area contributed by atoms with Crippen molar-refractivity contribution < 1.29 is 57.1 Å². The largest absolute Gasteiger partial charge is 0.493 e. The Hall–Kier alpha value is -8.10. The van der Waals surface area contributed by atoms with Crippen molar-refractivity contribution in [2.75, 3.05) is 64.4 Å². The molecule has 0 saturated heterocycles. The Morgan fingerprint density at radius 3 is 0.736 bits per heavy atom. The van der Waals surface area contributed by atoms with Gasteiger partial charge in [-0.3, -0.25) is 19.2 Å². The summed E-state index contributed by atoms with van der Waals surface area (Å²) in [5.41, 5.74) is 6.75. The fourth-order valence-corrected chi connectivity index (χ4v) is 13.1. The number of nitrogens with zero attached hydrogens (tertiary/aromatic N) is 2. The Kier molecular flexibility index (Phi) is 50.2. The van der Waals surface area contributed by atoms with E-state index in [4.69, 9.17) is 37.9 Å². The van der Waals surface area contributed by atoms with Crippen LogP contribution >= 0.6 is 0 Å². The van der Waals surface area contributed by atoms with Crippen molar-refractivity contribution in [3.8, 4) is 46.7 Å². The van der Waals surface area contributed by atoms with Gasteiger partial charge in [0.15, 0.2) is 0 Å². The molecule has 0 aromatic heterocycles. The summed E-state index contributed by atoms with van der Waals surface area (Å²) in [5, 5.41) is 0. The molecule has 0 spiro atoms. The second-order valence-electron chi connectivity index (χ2n) is 30.3. The number of carbonyl (C=O) groups is 4. The molecule has 5 rings (SSSR count). The molecule has 0 aliphatic heterocycles. The van der Waals surface area contributed by atoms with Crippen LogP contribution in [0.2, 0.25) is 0 Å². The Labute approximate surface area is 665 Å². The van der Waals surface area contributed by atoms with Crippen molar-refractivity contribution >= 4 is 35.3 Å². The van der Waals surface area contributed by atoms with Crippen molar-refractivity contribution in [3.05, 3.63) is 142 Å². The lowest BCUT2D eigenvalue weighted by Crippen LogP contribution is -2.15. The molecule has 5 aromatic carbocycles. The van der Waals surface area contributed by atoms with Gasteiger partial charge in [-0.1, -0.05) is 283 Å². The third kappa shape index (κ3) is 43.5. The summed E-state index contributed by atoms with van der Waals surface area (Å²) in [6.07, 6.45) is 47.9. The molecule has 0 radical (unpaired) electrons. The third-order valence-electron chi connectivity index (χ3n) is 19.9. The summed E-state index contributed by atoms with van der Waals surface area (Å²) in [4.78, 5) is 58.5. The van der Waals surface area contributed by atoms with Crippen molar-refractivity contribution in [1.29, 1.82) is 0 Å². The molecule has 0 aliphatic carbocycles. The number of carbonyl (C=O) groups excluding carboxylic acids is 4. The zero-order valence-corrected chi connectivity index (χ0v) is 69.4. The molecule has 606 valence electrons. The van der Waals surface area contributed by atoms with Crippen molar-refractivity contribution in [2.24, 2.45) is 0 Å². The summed E-state index contributed by atoms with van der Waals surface area (Å²) in [7, 11) is 7.87. The van der Waals surface area contributed by atoms with Crippen LogP contribution in [0.15, 0.2) is 97.1 Å². The van der Waals surface area contributed by atoms with Crippen LogP contribution < -0.4 is 28.7 Å². The predicted molar refractivity (Wildman–Crippen MR) is 451 cm³/mol. The van der Waals surface area contributed by atoms with E-state index in [1.165, 1.54) is 205 Å². The van der Waals surface area contributed by atoms with E-state index in [0.29, 0.717) is 82.8 Å². The number of anilines is 2. The van der Waals surface area contributed by atoms with E-state index in [0.717, 1.165) is 73.9 Å². The highest BCUT2D eigenvalue weighted by Gasteiger charge is 2.19. The van der Waals surface area contributed by atoms with Gasteiger partial charge in [0.25, 0.3) is 0 Å². The average molecular weight is 1510 g/mol. The summed E-state index contributed by atoms with van der Waals surface area (Å²) in [5.74, 6) is 12.6. The van der Waals surface area contributed by atoms with Gasteiger partial charge < -0.3 is 47.7 Å². The Balaban J connectivity index is 1.28. The van der Waals surface area contributed by atoms with Crippen molar-refractivity contribution in [2.45, 2.75) is 324 Å². The predicted octanol–water partition coefficient (Wildman–Crippen LogP) is 24.2. The maximum Gasteiger partial charge on any atom is 0.317 e. The molecule has 0 N–H and O–H groups in total. The lowest BCUT2D eigenvalue weighted by Gasteiger charge is -2.14. The Morgan fingerprint density at radius 1 is 0.273 bits per heavy atom. The van der Waals surface area contributed by atoms with Gasteiger partial charge in [-0.05, 0) is 122 Å². The lowest BCUT2D eigenvalue weighted by molar-refractivity contribution is -0.157. The summed E-state index contributed by atoms with van der Waals surface area (Å²) < 4.78 is 48.4. The smallest absolute Gasteiger partial charge is 0.317 e. The summed E-state index contributed by atoms with van der Waals surface area (Å²) >= 11 is 0. The van der Waals surface area contributed by atoms with Crippen molar-refractivity contribution in [3.63, 3.8) is 0 Å². The minimum absolute atomic E-state index is 0.0986. The van der Waals surface area contributed by atoms with Crippen LogP contribution in [0.4, 0.5) is 11.4 Å². The zero-order valence-electron chi connectivity index (χ0n) is 69.4. The normalized spacial score (nSPS) is 10.9. The number of rotatable bonds is 62. The third-order valence-corrected chi connectivity index (χ3v) is 19.9. The van der Waals surface area contributed by atoms with Crippen LogP contribution in [0.1, 0.15) is 342 Å². The maximum absolute atomic E-state index is 13.7. The molecule has 0 fully saturated rings. The SMILES string of the molecule is CCCCCCCCCCCCOc1cc(COC(=O)CC(=O)OCc2cc(C#Cc3ccc(N(C)C)cc3)c(COC(=O)CC(=O)OCc3cc(OCCCCCCCCCCCC)cc(OCCCCCCCCCCCC)c3)cc2C#Cc2ccc(N(C)C)cc2)cc(OCCCCCCCCCCCC)c1. The minimum atomic E-state index is -0.797. The molecule has 0 heterocycles. The highest BCUT2D eigenvalue weighted by atomic mass is 16.6. The summed E-state index contributed by atoms with van der Waals surface area (Å²) in [6, 6.07) is 30.4. The van der Waals surface area contributed by atoms with Crippen LogP contribution in [0.3, 0.4) is 0 Å². The van der Waals surface area contributed by atoms with E-state index >= 15 is 0 Å². The molecule has 0 unspecified atom stereocenters. The Bertz CT molecular complexity index is 3130. The average Bonchev–Trinajstić information content (AvgIpc) is 0.816. The van der Waals surface area contributed by atoms with Gasteiger partial charge in [0.1, 0.15) is 62.3 Å². The first-order valence-corrected chi connectivity index (χ1v) is 42.9. The monoisotopic (exact) mass is 1510 g/mol. The first-order chi connectivity index (χ1) is 53.7. The topological polar surface area (TPSA) is 149 Å². The highest BCUT2D eigenvalue weighted by Crippen LogP contribution is 2.29. The van der Waals surface area contributed by atoms with Gasteiger partial charge in [0.2, 0.25) is 0 Å². The fourth-order valence-electron chi connectivity index (χ4n) is 13.1. The van der Waals surface area contributed by atoms with Gasteiger partial charge in [-0.2, -0.15) is 0 Å². The minimum Gasteiger partial charge on any atom is -0.493 e. The Morgan fingerprint density at radius 2 is 0.500 bits per heavy atom. The van der Waals surface area contributed by atoms with E-state index in [-0.39, 0.29) is 26.4 Å². The highest BCUT2D eigenvalue weighted by molar-refractivity contribution is 5.91. The number of hydrogen-bond acceptors (Lipinski definition) is 14. The maximum atomic E-state index is 13.7. The van der Waals surface area contributed by atoms with Crippen molar-refractivity contribution in [1.82, 2.24) is 0 Å². The molecule has 0 saturated carbocycles. The van der Waals surface area contributed by atoms with E-state index in [1.807, 2.05) is 123 Å². The van der Waals surface area contributed by atoms with Gasteiger partial charge >= 0.3 is 23.9 Å². The number of esters is 4. The van der Waals surface area contributed by atoms with Crippen LogP contribution in [0.5, 0.6) is 23.0 Å². The molecular weight excluding hydrogens is 1370 g/mol. The van der Waals surface area contributed by atoms with Crippen LogP contribution in [0, 0.1) is 23.7 Å². The van der Waals surface area contributed by atoms with E-state index < -0.39 is 36.7 Å². The molecule has 110 heavy (non-hydrogen) atoms. The molecule has 5 aromatic rings. The van der Waals surface area contributed by atoms with E-state index in [9.17, 15) is 19.2 Å². The molecule has 0 bridgehead atoms. The number of unbranched alkanes of at least 4 members (excludes halogenated alkanes) is 36. The van der Waals surface area contributed by atoms with E-state index in [2.05, 4.69) is 51.4 Å². The molecule has 14 heteroatoms. The van der Waals surface area contributed by atoms with Crippen LogP contribution in [0.25, 0.3) is 0 Å². The van der Waals surface area contributed by atoms with Crippen LogP contribution in [-0.4, -0.2) is 78.5 Å². The number of hydrogen-bond donors (Lipinski definition) is 0. The molecular formula is C96H140N2O12. The second kappa shape index (κ2) is 59.7. The lowest BCUT2D eigenvalue weighted by atomic mass is 9.98. The fraction of sp³-hybridized carbons (Fsp3) is 0.604. The first-order valence-electron chi connectivity index (χ1n) is 42.9. The first kappa shape index (κ1) is 92.5. The zero-order chi connectivity index (χ0) is 78.7. The van der Waals surface area contributed by atoms with E-state index in [1.54, 1.807) is 12.1 Å². The molecule has 0 amide bonds. The van der Waals surface area contributed by atoms with Gasteiger partial charge in [-0.15, -0.1) is 0 Å².